The summed E-state index contributed by atoms with van der Waals surface area (Å²) >= 11 is 0. The minimum atomic E-state index is 0. The predicted molar refractivity (Wildman–Crippen MR) is 128 cm³/mol. The number of amides is 1. The molecule has 0 atom stereocenters. The van der Waals surface area contributed by atoms with Crippen molar-refractivity contribution >= 4 is 35.8 Å². The van der Waals surface area contributed by atoms with Crippen LogP contribution in [0.25, 0.3) is 0 Å². The smallest absolute Gasteiger partial charge is 0.236 e. The van der Waals surface area contributed by atoms with Crippen LogP contribution < -0.4 is 5.32 Å². The van der Waals surface area contributed by atoms with Crippen molar-refractivity contribution in [3.8, 4) is 0 Å². The van der Waals surface area contributed by atoms with Crippen LogP contribution >= 0.6 is 24.0 Å². The summed E-state index contributed by atoms with van der Waals surface area (Å²) in [5, 5.41) is 3.50. The maximum atomic E-state index is 12.5. The molecule has 2 aliphatic rings. The number of piperazine rings is 1. The first-order chi connectivity index (χ1) is 14.1. The van der Waals surface area contributed by atoms with Gasteiger partial charge in [-0.3, -0.25) is 14.7 Å². The summed E-state index contributed by atoms with van der Waals surface area (Å²) in [5.41, 5.74) is 0. The number of carbonyl (C=O) groups is 1. The summed E-state index contributed by atoms with van der Waals surface area (Å²) in [5.74, 6) is 2.67. The van der Waals surface area contributed by atoms with Gasteiger partial charge in [0.1, 0.15) is 5.76 Å². The molecule has 1 amide bonds. The Morgan fingerprint density at radius 3 is 2.50 bits per heavy atom. The van der Waals surface area contributed by atoms with Gasteiger partial charge in [0.2, 0.25) is 5.91 Å². The van der Waals surface area contributed by atoms with Gasteiger partial charge in [0, 0.05) is 58.8 Å². The molecule has 0 aromatic carbocycles. The summed E-state index contributed by atoms with van der Waals surface area (Å²) in [6, 6.07) is 3.91. The minimum Gasteiger partial charge on any atom is -0.469 e. The number of morpholine rings is 1. The molecule has 1 aromatic heterocycles. The monoisotopic (exact) mass is 533 g/mol. The van der Waals surface area contributed by atoms with Gasteiger partial charge in [0.15, 0.2) is 5.96 Å². The Balaban J connectivity index is 0.00000320. The molecule has 2 fully saturated rings. The maximum Gasteiger partial charge on any atom is 0.236 e. The van der Waals surface area contributed by atoms with Crippen LogP contribution in [0.4, 0.5) is 0 Å². The number of furan rings is 1. The second-order valence-corrected chi connectivity index (χ2v) is 8.07. The average molecular weight is 533 g/mol. The van der Waals surface area contributed by atoms with Crippen LogP contribution in [0.5, 0.6) is 0 Å². The molecule has 1 N–H and O–H groups in total. The van der Waals surface area contributed by atoms with Crippen molar-refractivity contribution in [2.75, 3.05) is 72.1 Å². The van der Waals surface area contributed by atoms with Gasteiger partial charge in [-0.1, -0.05) is 13.8 Å². The third-order valence-electron chi connectivity index (χ3n) is 5.24. The second kappa shape index (κ2) is 13.2. The molecular weight excluding hydrogens is 497 g/mol. The molecule has 9 heteroatoms. The minimum absolute atomic E-state index is 0. The SMILES string of the molecule is CC(C)CN=C(NCCc1ccco1)N1CCN(CC(=O)N2CCOCC2)CC1.I. The van der Waals surface area contributed by atoms with Crippen molar-refractivity contribution in [2.45, 2.75) is 20.3 Å². The zero-order chi connectivity index (χ0) is 20.5. The zero-order valence-electron chi connectivity index (χ0n) is 18.2. The number of hydrogen-bond acceptors (Lipinski definition) is 5. The van der Waals surface area contributed by atoms with Crippen LogP contribution in [0, 0.1) is 5.92 Å². The fourth-order valence-electron chi connectivity index (χ4n) is 3.51. The number of halogens is 1. The van der Waals surface area contributed by atoms with E-state index in [0.29, 0.717) is 38.8 Å². The first-order valence-corrected chi connectivity index (χ1v) is 10.8. The number of carbonyl (C=O) groups excluding carboxylic acids is 1. The topological polar surface area (TPSA) is 73.6 Å². The lowest BCUT2D eigenvalue weighted by Crippen LogP contribution is -2.55. The first kappa shape index (κ1) is 24.9. The van der Waals surface area contributed by atoms with Crippen molar-refractivity contribution in [1.29, 1.82) is 0 Å². The van der Waals surface area contributed by atoms with Crippen molar-refractivity contribution in [3.05, 3.63) is 24.2 Å². The molecule has 0 saturated carbocycles. The fraction of sp³-hybridized carbons (Fsp3) is 0.714. The van der Waals surface area contributed by atoms with Crippen molar-refractivity contribution in [3.63, 3.8) is 0 Å². The molecule has 0 unspecified atom stereocenters. The summed E-state index contributed by atoms with van der Waals surface area (Å²) in [4.78, 5) is 23.8. The normalized spacial score (nSPS) is 18.4. The molecule has 1 aromatic rings. The molecule has 0 aliphatic carbocycles. The lowest BCUT2D eigenvalue weighted by molar-refractivity contribution is -0.136. The highest BCUT2D eigenvalue weighted by Crippen LogP contribution is 2.06. The lowest BCUT2D eigenvalue weighted by atomic mass is 10.2. The Morgan fingerprint density at radius 1 is 1.13 bits per heavy atom. The number of aliphatic imine (C=N–C) groups is 1. The van der Waals surface area contributed by atoms with Gasteiger partial charge in [-0.2, -0.15) is 0 Å². The second-order valence-electron chi connectivity index (χ2n) is 8.07. The van der Waals surface area contributed by atoms with Gasteiger partial charge in [-0.05, 0) is 18.1 Å². The van der Waals surface area contributed by atoms with Crippen molar-refractivity contribution in [1.82, 2.24) is 20.0 Å². The summed E-state index contributed by atoms with van der Waals surface area (Å²) in [6.07, 6.45) is 2.54. The molecule has 170 valence electrons. The van der Waals surface area contributed by atoms with Gasteiger partial charge in [0.25, 0.3) is 0 Å². The molecular formula is C21H36IN5O3. The molecule has 0 radical (unpaired) electrons. The molecule has 30 heavy (non-hydrogen) atoms. The number of nitrogens with one attached hydrogen (secondary N) is 1. The van der Waals surface area contributed by atoms with E-state index in [0.717, 1.165) is 57.4 Å². The van der Waals surface area contributed by atoms with Crippen LogP contribution in [-0.2, 0) is 16.0 Å². The zero-order valence-corrected chi connectivity index (χ0v) is 20.5. The van der Waals surface area contributed by atoms with Gasteiger partial charge < -0.3 is 24.3 Å². The highest BCUT2D eigenvalue weighted by molar-refractivity contribution is 14.0. The Labute approximate surface area is 197 Å². The lowest BCUT2D eigenvalue weighted by Gasteiger charge is -2.37. The quantitative estimate of drug-likeness (QED) is 0.326. The van der Waals surface area contributed by atoms with Crippen molar-refractivity contribution < 1.29 is 13.9 Å². The van der Waals surface area contributed by atoms with Crippen LogP contribution in [0.3, 0.4) is 0 Å². The Bertz CT molecular complexity index is 639. The first-order valence-electron chi connectivity index (χ1n) is 10.8. The number of nitrogens with zero attached hydrogens (tertiary/aromatic N) is 4. The molecule has 8 nitrogen and oxygen atoms in total. The van der Waals surface area contributed by atoms with E-state index < -0.39 is 0 Å². The Morgan fingerprint density at radius 2 is 1.87 bits per heavy atom. The third-order valence-corrected chi connectivity index (χ3v) is 5.24. The average Bonchev–Trinajstić information content (AvgIpc) is 3.25. The largest absolute Gasteiger partial charge is 0.469 e. The Hall–Kier alpha value is -1.33. The van der Waals surface area contributed by atoms with Gasteiger partial charge in [0.05, 0.1) is 26.0 Å². The third kappa shape index (κ3) is 8.07. The number of rotatable bonds is 7. The highest BCUT2D eigenvalue weighted by atomic mass is 127. The number of ether oxygens (including phenoxy) is 1. The number of guanidine groups is 1. The summed E-state index contributed by atoms with van der Waals surface area (Å²) < 4.78 is 10.8. The van der Waals surface area contributed by atoms with Crippen LogP contribution in [0.1, 0.15) is 19.6 Å². The molecule has 3 rings (SSSR count). The van der Waals surface area contributed by atoms with E-state index in [9.17, 15) is 4.79 Å². The van der Waals surface area contributed by atoms with Crippen LogP contribution in [-0.4, -0.2) is 98.7 Å². The summed E-state index contributed by atoms with van der Waals surface area (Å²) in [7, 11) is 0. The molecule has 0 bridgehead atoms. The van der Waals surface area contributed by atoms with Gasteiger partial charge >= 0.3 is 0 Å². The van der Waals surface area contributed by atoms with E-state index in [4.69, 9.17) is 14.1 Å². The maximum absolute atomic E-state index is 12.5. The standard InChI is InChI=1S/C21H35N5O3.HI/c1-18(2)16-23-21(22-6-5-19-4-3-13-29-19)26-9-7-24(8-10-26)17-20(27)25-11-14-28-15-12-25;/h3-4,13,18H,5-12,14-17H2,1-2H3,(H,22,23);1H. The highest BCUT2D eigenvalue weighted by Gasteiger charge is 2.24. The molecule has 2 saturated heterocycles. The van der Waals surface area contributed by atoms with E-state index in [-0.39, 0.29) is 29.9 Å². The van der Waals surface area contributed by atoms with E-state index in [1.165, 1.54) is 0 Å². The molecule has 0 spiro atoms. The molecule has 2 aliphatic heterocycles. The van der Waals surface area contributed by atoms with E-state index >= 15 is 0 Å². The predicted octanol–water partition coefficient (Wildman–Crippen LogP) is 1.52. The van der Waals surface area contributed by atoms with Crippen LogP contribution in [0.15, 0.2) is 27.8 Å². The van der Waals surface area contributed by atoms with Crippen LogP contribution in [0.2, 0.25) is 0 Å². The number of hydrogen-bond donors (Lipinski definition) is 1. The van der Waals surface area contributed by atoms with E-state index in [2.05, 4.69) is 29.0 Å². The van der Waals surface area contributed by atoms with E-state index in [1.807, 2.05) is 17.0 Å². The van der Waals surface area contributed by atoms with Crippen molar-refractivity contribution in [2.24, 2.45) is 10.9 Å². The Kier molecular flexibility index (Phi) is 10.9. The summed E-state index contributed by atoms with van der Waals surface area (Å²) in [6.45, 7) is 12.7. The van der Waals surface area contributed by atoms with Gasteiger partial charge in [-0.15, -0.1) is 24.0 Å². The fourth-order valence-corrected chi connectivity index (χ4v) is 3.51. The van der Waals surface area contributed by atoms with E-state index in [1.54, 1.807) is 6.26 Å². The van der Waals surface area contributed by atoms with Gasteiger partial charge in [-0.25, -0.2) is 0 Å². The molecule has 3 heterocycles.